The van der Waals surface area contributed by atoms with Gasteiger partial charge in [-0.15, -0.1) is 0 Å². The lowest BCUT2D eigenvalue weighted by Crippen LogP contribution is -2.14. The number of anilines is 1. The number of nitrogens with zero attached hydrogens (tertiary/aromatic N) is 4. The summed E-state index contributed by atoms with van der Waals surface area (Å²) in [4.78, 5) is 27.9. The Hall–Kier alpha value is -4.10. The average molecular weight is 452 g/mol. The molecule has 0 aliphatic carbocycles. The van der Waals surface area contributed by atoms with Gasteiger partial charge in [0.2, 0.25) is 0 Å². The van der Waals surface area contributed by atoms with Crippen LogP contribution in [0.25, 0.3) is 33.2 Å². The first-order valence-corrected chi connectivity index (χ1v) is 11.3. The largest absolute Gasteiger partial charge is 0.333 e. The van der Waals surface area contributed by atoms with E-state index < -0.39 is 0 Å². The Bertz CT molecular complexity index is 1420. The van der Waals surface area contributed by atoms with Crippen molar-refractivity contribution in [3.8, 4) is 33.2 Å². The molecule has 0 unspecified atom stereocenters. The molecule has 0 saturated carbocycles. The van der Waals surface area contributed by atoms with Gasteiger partial charge in [-0.1, -0.05) is 72.0 Å². The molecule has 0 spiro atoms. The van der Waals surface area contributed by atoms with Gasteiger partial charge in [0, 0.05) is 30.6 Å². The van der Waals surface area contributed by atoms with Crippen LogP contribution in [0.4, 0.5) is 5.13 Å². The molecule has 0 atom stereocenters. The summed E-state index contributed by atoms with van der Waals surface area (Å²) in [5.41, 5.74) is 4.79. The molecule has 7 heteroatoms. The van der Waals surface area contributed by atoms with E-state index in [9.17, 15) is 4.79 Å². The van der Waals surface area contributed by atoms with Crippen molar-refractivity contribution in [1.29, 1.82) is 0 Å². The molecule has 3 aromatic heterocycles. The monoisotopic (exact) mass is 451 g/mol. The molecular formula is C26H21N5OS. The highest BCUT2D eigenvalue weighted by Crippen LogP contribution is 2.38. The molecule has 162 valence electrons. The van der Waals surface area contributed by atoms with E-state index >= 15 is 0 Å². The molecule has 1 amide bonds. The Morgan fingerprint density at radius 3 is 2.24 bits per heavy atom. The molecule has 0 aliphatic rings. The van der Waals surface area contributed by atoms with Gasteiger partial charge >= 0.3 is 0 Å². The van der Waals surface area contributed by atoms with Crippen molar-refractivity contribution >= 4 is 22.4 Å². The van der Waals surface area contributed by atoms with Crippen LogP contribution in [0.3, 0.4) is 0 Å². The van der Waals surface area contributed by atoms with Crippen LogP contribution in [0.15, 0.2) is 85.2 Å². The second-order valence-corrected chi connectivity index (χ2v) is 8.57. The van der Waals surface area contributed by atoms with Gasteiger partial charge in [-0.05, 0) is 19.1 Å². The zero-order chi connectivity index (χ0) is 22.8. The molecule has 2 aromatic carbocycles. The van der Waals surface area contributed by atoms with E-state index in [2.05, 4.69) is 15.3 Å². The minimum Gasteiger partial charge on any atom is -0.333 e. The summed E-state index contributed by atoms with van der Waals surface area (Å²) < 4.78 is 1.95. The maximum atomic E-state index is 13.1. The Morgan fingerprint density at radius 1 is 0.909 bits per heavy atom. The number of nitrogens with one attached hydrogen (secondary N) is 1. The van der Waals surface area contributed by atoms with Crippen molar-refractivity contribution in [1.82, 2.24) is 19.5 Å². The van der Waals surface area contributed by atoms with Crippen LogP contribution in [-0.4, -0.2) is 25.4 Å². The first-order chi connectivity index (χ1) is 16.1. The van der Waals surface area contributed by atoms with Crippen LogP contribution in [0.5, 0.6) is 0 Å². The Labute approximate surface area is 195 Å². The number of thiazole rings is 1. The molecule has 0 aliphatic heterocycles. The van der Waals surface area contributed by atoms with Crippen LogP contribution in [0.2, 0.25) is 0 Å². The molecule has 0 saturated heterocycles. The SMILES string of the molecule is Cc1nc(-c2ccccc2)ccc1C(=O)Nc1nc(-c2ccccc2)c(-c2nccn2C)s1. The lowest BCUT2D eigenvalue weighted by atomic mass is 10.1. The summed E-state index contributed by atoms with van der Waals surface area (Å²) in [6.07, 6.45) is 3.65. The number of imidazole rings is 1. The molecule has 0 fully saturated rings. The fourth-order valence-electron chi connectivity index (χ4n) is 3.64. The second kappa shape index (κ2) is 8.80. The Morgan fingerprint density at radius 2 is 1.61 bits per heavy atom. The minimum atomic E-state index is -0.237. The van der Waals surface area contributed by atoms with E-state index in [1.165, 1.54) is 11.3 Å². The normalized spacial score (nSPS) is 10.8. The third kappa shape index (κ3) is 4.18. The van der Waals surface area contributed by atoms with Crippen molar-refractivity contribution in [3.63, 3.8) is 0 Å². The van der Waals surface area contributed by atoms with Gasteiger partial charge in [-0.3, -0.25) is 15.1 Å². The Kier molecular flexibility index (Phi) is 5.54. The number of hydrogen-bond donors (Lipinski definition) is 1. The molecule has 0 radical (unpaired) electrons. The summed E-state index contributed by atoms with van der Waals surface area (Å²) >= 11 is 1.41. The highest BCUT2D eigenvalue weighted by atomic mass is 32.1. The number of amides is 1. The molecular weight excluding hydrogens is 430 g/mol. The summed E-state index contributed by atoms with van der Waals surface area (Å²) in [7, 11) is 1.94. The topological polar surface area (TPSA) is 72.7 Å². The van der Waals surface area contributed by atoms with Gasteiger partial charge in [0.1, 0.15) is 0 Å². The predicted molar refractivity (Wildman–Crippen MR) is 132 cm³/mol. The number of carbonyl (C=O) groups excluding carboxylic acids is 1. The van der Waals surface area contributed by atoms with Crippen molar-refractivity contribution in [2.45, 2.75) is 6.92 Å². The smallest absolute Gasteiger partial charge is 0.259 e. The number of aryl methyl sites for hydroxylation is 2. The van der Waals surface area contributed by atoms with Crippen LogP contribution in [0.1, 0.15) is 16.1 Å². The fourth-order valence-corrected chi connectivity index (χ4v) is 4.66. The maximum Gasteiger partial charge on any atom is 0.259 e. The number of carbonyl (C=O) groups is 1. The zero-order valence-corrected chi connectivity index (χ0v) is 19.0. The van der Waals surface area contributed by atoms with E-state index in [-0.39, 0.29) is 5.91 Å². The molecule has 5 rings (SSSR count). The summed E-state index contributed by atoms with van der Waals surface area (Å²) in [5, 5.41) is 3.48. The zero-order valence-electron chi connectivity index (χ0n) is 18.2. The molecule has 3 heterocycles. The molecule has 1 N–H and O–H groups in total. The third-order valence-electron chi connectivity index (χ3n) is 5.32. The van der Waals surface area contributed by atoms with E-state index in [1.54, 1.807) is 6.20 Å². The number of rotatable bonds is 5. The van der Waals surface area contributed by atoms with E-state index in [0.717, 1.165) is 33.2 Å². The van der Waals surface area contributed by atoms with Gasteiger partial charge in [0.05, 0.1) is 27.5 Å². The highest BCUT2D eigenvalue weighted by Gasteiger charge is 2.20. The van der Waals surface area contributed by atoms with Gasteiger partial charge in [-0.25, -0.2) is 9.97 Å². The van der Waals surface area contributed by atoms with Gasteiger partial charge < -0.3 is 4.57 Å². The number of pyridine rings is 1. The quantitative estimate of drug-likeness (QED) is 0.365. The number of aromatic nitrogens is 4. The van der Waals surface area contributed by atoms with E-state index in [1.807, 2.05) is 97.5 Å². The van der Waals surface area contributed by atoms with Crippen LogP contribution in [0, 0.1) is 6.92 Å². The lowest BCUT2D eigenvalue weighted by Gasteiger charge is -2.07. The van der Waals surface area contributed by atoms with Gasteiger partial charge in [0.15, 0.2) is 11.0 Å². The van der Waals surface area contributed by atoms with Crippen molar-refractivity contribution in [2.75, 3.05) is 5.32 Å². The second-order valence-electron chi connectivity index (χ2n) is 7.57. The van der Waals surface area contributed by atoms with E-state index in [0.29, 0.717) is 16.4 Å². The number of benzene rings is 2. The lowest BCUT2D eigenvalue weighted by molar-refractivity contribution is 0.102. The molecule has 5 aromatic rings. The van der Waals surface area contributed by atoms with Crippen LogP contribution >= 0.6 is 11.3 Å². The van der Waals surface area contributed by atoms with Crippen LogP contribution in [-0.2, 0) is 7.05 Å². The summed E-state index contributed by atoms with van der Waals surface area (Å²) in [6.45, 7) is 1.85. The highest BCUT2D eigenvalue weighted by molar-refractivity contribution is 7.19. The first kappa shape index (κ1) is 20.8. The van der Waals surface area contributed by atoms with Gasteiger partial charge in [0.25, 0.3) is 5.91 Å². The van der Waals surface area contributed by atoms with Crippen LogP contribution < -0.4 is 5.32 Å². The Balaban J connectivity index is 1.47. The standard InChI is InChI=1S/C26H21N5OS/c1-17-20(13-14-21(28-17)18-9-5-3-6-10-18)25(32)30-26-29-22(19-11-7-4-8-12-19)23(33-26)24-27-15-16-31(24)2/h3-16H,1-2H3,(H,29,30,32). The minimum absolute atomic E-state index is 0.237. The summed E-state index contributed by atoms with van der Waals surface area (Å²) in [5.74, 6) is 0.566. The van der Waals surface area contributed by atoms with E-state index in [4.69, 9.17) is 4.98 Å². The van der Waals surface area contributed by atoms with Crippen molar-refractivity contribution < 1.29 is 4.79 Å². The predicted octanol–water partition coefficient (Wildman–Crippen LogP) is 5.83. The first-order valence-electron chi connectivity index (χ1n) is 10.5. The molecule has 6 nitrogen and oxygen atoms in total. The fraction of sp³-hybridized carbons (Fsp3) is 0.0769. The third-order valence-corrected chi connectivity index (χ3v) is 6.29. The van der Waals surface area contributed by atoms with Crippen molar-refractivity contribution in [3.05, 3.63) is 96.4 Å². The molecule has 33 heavy (non-hydrogen) atoms. The maximum absolute atomic E-state index is 13.1. The summed E-state index contributed by atoms with van der Waals surface area (Å²) in [6, 6.07) is 23.5. The van der Waals surface area contributed by atoms with Gasteiger partial charge in [-0.2, -0.15) is 0 Å². The number of hydrogen-bond acceptors (Lipinski definition) is 5. The average Bonchev–Trinajstić information content (AvgIpc) is 3.45. The van der Waals surface area contributed by atoms with Crippen molar-refractivity contribution in [2.24, 2.45) is 7.05 Å². The molecule has 0 bridgehead atoms.